The van der Waals surface area contributed by atoms with Gasteiger partial charge in [0.25, 0.3) is 0 Å². The highest BCUT2D eigenvalue weighted by Gasteiger charge is 2.31. The summed E-state index contributed by atoms with van der Waals surface area (Å²) in [5.41, 5.74) is 3.50. The molecule has 124 valence electrons. The second kappa shape index (κ2) is 6.26. The third kappa shape index (κ3) is 3.21. The molecule has 0 aromatic carbocycles. The Labute approximate surface area is 137 Å². The fraction of sp³-hybridized carbons (Fsp3) is 0.526. The van der Waals surface area contributed by atoms with Crippen molar-refractivity contribution in [1.82, 2.24) is 4.57 Å². The molecule has 4 heteroatoms. The van der Waals surface area contributed by atoms with Gasteiger partial charge in [-0.05, 0) is 63.3 Å². The molecule has 2 aromatic rings. The summed E-state index contributed by atoms with van der Waals surface area (Å²) in [6.07, 6.45) is 7.10. The van der Waals surface area contributed by atoms with Crippen molar-refractivity contribution < 1.29 is 13.9 Å². The van der Waals surface area contributed by atoms with Crippen LogP contribution in [0, 0.1) is 5.41 Å². The summed E-state index contributed by atoms with van der Waals surface area (Å²) in [6.45, 7) is 4.62. The fourth-order valence-electron chi connectivity index (χ4n) is 3.53. The first kappa shape index (κ1) is 15.9. The Kier molecular flexibility index (Phi) is 4.33. The maximum atomic E-state index is 12.1. The van der Waals surface area contributed by atoms with Crippen LogP contribution < -0.4 is 0 Å². The van der Waals surface area contributed by atoms with E-state index in [0.717, 1.165) is 25.1 Å². The number of nitrogens with zero attached hydrogens (tertiary/aromatic N) is 1. The van der Waals surface area contributed by atoms with Crippen LogP contribution in [0.2, 0.25) is 0 Å². The van der Waals surface area contributed by atoms with Gasteiger partial charge in [-0.1, -0.05) is 0 Å². The first-order chi connectivity index (χ1) is 11.0. The minimum absolute atomic E-state index is 0.166. The quantitative estimate of drug-likeness (QED) is 0.789. The van der Waals surface area contributed by atoms with Gasteiger partial charge >= 0.3 is 5.97 Å². The van der Waals surface area contributed by atoms with Crippen LogP contribution in [0.4, 0.5) is 0 Å². The number of aryl methyl sites for hydroxylation is 1. The molecule has 23 heavy (non-hydrogen) atoms. The van der Waals surface area contributed by atoms with Crippen LogP contribution in [0.5, 0.6) is 0 Å². The predicted octanol–water partition coefficient (Wildman–Crippen LogP) is 3.75. The maximum absolute atomic E-state index is 12.1. The first-order valence-electron chi connectivity index (χ1n) is 8.32. The van der Waals surface area contributed by atoms with E-state index in [1.54, 1.807) is 6.26 Å². The molecule has 3 rings (SSSR count). The van der Waals surface area contributed by atoms with Crippen molar-refractivity contribution in [2.45, 2.75) is 52.5 Å². The van der Waals surface area contributed by atoms with Crippen molar-refractivity contribution in [3.63, 3.8) is 0 Å². The first-order valence-corrected chi connectivity index (χ1v) is 8.32. The number of carbonyl (C=O) groups is 1. The van der Waals surface area contributed by atoms with Gasteiger partial charge in [-0.25, -0.2) is 0 Å². The van der Waals surface area contributed by atoms with Gasteiger partial charge < -0.3 is 13.7 Å². The number of ether oxygens (including phenoxy) is 1. The SMILES string of the molecule is COC(=O)C(C)(C)Cc1cc2c(n1Cc1ccco1)CCCC2. The minimum atomic E-state index is -0.531. The van der Waals surface area contributed by atoms with E-state index >= 15 is 0 Å². The average molecular weight is 315 g/mol. The summed E-state index contributed by atoms with van der Waals surface area (Å²) in [6, 6.07) is 6.20. The van der Waals surface area contributed by atoms with Crippen molar-refractivity contribution in [2.75, 3.05) is 7.11 Å². The molecule has 0 aliphatic heterocycles. The molecule has 0 spiro atoms. The Bertz CT molecular complexity index is 680. The van der Waals surface area contributed by atoms with Gasteiger partial charge in [-0.3, -0.25) is 4.79 Å². The Hall–Kier alpha value is -1.97. The van der Waals surface area contributed by atoms with E-state index < -0.39 is 5.41 Å². The number of esters is 1. The van der Waals surface area contributed by atoms with Gasteiger partial charge in [0.1, 0.15) is 5.76 Å². The lowest BCUT2D eigenvalue weighted by molar-refractivity contribution is -0.150. The third-order valence-corrected chi connectivity index (χ3v) is 4.75. The summed E-state index contributed by atoms with van der Waals surface area (Å²) in [4.78, 5) is 12.1. The topological polar surface area (TPSA) is 44.4 Å². The van der Waals surface area contributed by atoms with E-state index in [9.17, 15) is 4.79 Å². The fourth-order valence-corrected chi connectivity index (χ4v) is 3.53. The third-order valence-electron chi connectivity index (χ3n) is 4.75. The molecule has 0 unspecified atom stereocenters. The molecule has 1 aliphatic rings. The second-order valence-corrected chi connectivity index (χ2v) is 7.03. The monoisotopic (exact) mass is 315 g/mol. The molecule has 0 bridgehead atoms. The Balaban J connectivity index is 1.95. The van der Waals surface area contributed by atoms with Crippen molar-refractivity contribution in [1.29, 1.82) is 0 Å². The highest BCUT2D eigenvalue weighted by atomic mass is 16.5. The van der Waals surface area contributed by atoms with Gasteiger partial charge in [0.15, 0.2) is 0 Å². The lowest BCUT2D eigenvalue weighted by Gasteiger charge is -2.23. The number of fused-ring (bicyclic) bond motifs is 1. The van der Waals surface area contributed by atoms with Gasteiger partial charge in [-0.2, -0.15) is 0 Å². The number of hydrogen-bond acceptors (Lipinski definition) is 3. The van der Waals surface area contributed by atoms with Gasteiger partial charge in [-0.15, -0.1) is 0 Å². The molecular weight excluding hydrogens is 290 g/mol. The zero-order valence-electron chi connectivity index (χ0n) is 14.2. The molecule has 1 aliphatic carbocycles. The van der Waals surface area contributed by atoms with Crippen molar-refractivity contribution in [3.8, 4) is 0 Å². The van der Waals surface area contributed by atoms with E-state index in [0.29, 0.717) is 6.42 Å². The predicted molar refractivity (Wildman–Crippen MR) is 88.4 cm³/mol. The van der Waals surface area contributed by atoms with Gasteiger partial charge in [0.2, 0.25) is 0 Å². The number of aromatic nitrogens is 1. The lowest BCUT2D eigenvalue weighted by Crippen LogP contribution is -2.29. The number of furan rings is 1. The molecule has 0 saturated heterocycles. The van der Waals surface area contributed by atoms with Crippen LogP contribution in [-0.2, 0) is 35.3 Å². The molecule has 0 N–H and O–H groups in total. The summed E-state index contributed by atoms with van der Waals surface area (Å²) >= 11 is 0. The van der Waals surface area contributed by atoms with E-state index in [2.05, 4.69) is 10.6 Å². The highest BCUT2D eigenvalue weighted by molar-refractivity contribution is 5.76. The largest absolute Gasteiger partial charge is 0.469 e. The second-order valence-electron chi connectivity index (χ2n) is 7.03. The lowest BCUT2D eigenvalue weighted by atomic mass is 9.87. The smallest absolute Gasteiger partial charge is 0.311 e. The molecular formula is C19H25NO3. The van der Waals surface area contributed by atoms with Gasteiger partial charge in [0, 0.05) is 17.8 Å². The van der Waals surface area contributed by atoms with Crippen LogP contribution in [0.25, 0.3) is 0 Å². The van der Waals surface area contributed by atoms with E-state index in [1.807, 2.05) is 26.0 Å². The summed E-state index contributed by atoms with van der Waals surface area (Å²) in [5.74, 6) is 0.785. The minimum Gasteiger partial charge on any atom is -0.469 e. The zero-order chi connectivity index (χ0) is 16.4. The summed E-state index contributed by atoms with van der Waals surface area (Å²) in [5, 5.41) is 0. The van der Waals surface area contributed by atoms with Crippen molar-refractivity contribution in [2.24, 2.45) is 5.41 Å². The van der Waals surface area contributed by atoms with Crippen LogP contribution in [0.15, 0.2) is 28.9 Å². The molecule has 0 saturated carbocycles. The molecule has 0 atom stereocenters. The molecule has 0 amide bonds. The highest BCUT2D eigenvalue weighted by Crippen LogP contribution is 2.31. The number of rotatable bonds is 5. The molecule has 2 heterocycles. The van der Waals surface area contributed by atoms with Crippen molar-refractivity contribution in [3.05, 3.63) is 47.2 Å². The van der Waals surface area contributed by atoms with Crippen LogP contribution >= 0.6 is 0 Å². The molecule has 0 fully saturated rings. The average Bonchev–Trinajstić information content (AvgIpc) is 3.15. The Morgan fingerprint density at radius 1 is 1.35 bits per heavy atom. The normalized spacial score (nSPS) is 14.6. The molecule has 0 radical (unpaired) electrons. The van der Waals surface area contributed by atoms with E-state index in [-0.39, 0.29) is 5.97 Å². The van der Waals surface area contributed by atoms with Crippen LogP contribution in [0.3, 0.4) is 0 Å². The van der Waals surface area contributed by atoms with Crippen LogP contribution in [-0.4, -0.2) is 17.6 Å². The summed E-state index contributed by atoms with van der Waals surface area (Å²) in [7, 11) is 1.46. The molecule has 4 nitrogen and oxygen atoms in total. The van der Waals surface area contributed by atoms with E-state index in [1.165, 1.54) is 36.9 Å². The number of methoxy groups -OCH3 is 1. The Morgan fingerprint density at radius 2 is 2.13 bits per heavy atom. The van der Waals surface area contributed by atoms with E-state index in [4.69, 9.17) is 9.15 Å². The number of hydrogen-bond donors (Lipinski definition) is 0. The molecule has 2 aromatic heterocycles. The maximum Gasteiger partial charge on any atom is 0.311 e. The van der Waals surface area contributed by atoms with Crippen LogP contribution in [0.1, 0.15) is 49.4 Å². The Morgan fingerprint density at radius 3 is 2.83 bits per heavy atom. The van der Waals surface area contributed by atoms with Crippen molar-refractivity contribution >= 4 is 5.97 Å². The zero-order valence-corrected chi connectivity index (χ0v) is 14.2. The summed E-state index contributed by atoms with van der Waals surface area (Å²) < 4.78 is 12.9. The number of carbonyl (C=O) groups excluding carboxylic acids is 1. The van der Waals surface area contributed by atoms with Gasteiger partial charge in [0.05, 0.1) is 25.3 Å². The standard InChI is InChI=1S/C19H25NO3/c1-19(2,18(21)22-3)12-15-11-14-7-4-5-9-17(14)20(15)13-16-8-6-10-23-16/h6,8,10-11H,4-5,7,9,12-13H2,1-3H3.